The summed E-state index contributed by atoms with van der Waals surface area (Å²) in [7, 11) is 0. The average Bonchev–Trinajstić information content (AvgIpc) is 3.42. The normalized spacial score (nSPS) is 34.7. The van der Waals surface area contributed by atoms with Gasteiger partial charge in [-0.1, -0.05) is 42.5 Å². The summed E-state index contributed by atoms with van der Waals surface area (Å²) in [6.45, 7) is 5.25. The van der Waals surface area contributed by atoms with Gasteiger partial charge in [0.05, 0.1) is 11.7 Å². The predicted molar refractivity (Wildman–Crippen MR) is 112 cm³/mol. The molecule has 5 rings (SSSR count). The van der Waals surface area contributed by atoms with E-state index >= 15 is 0 Å². The molecule has 4 fully saturated rings. The molecule has 29 heavy (non-hydrogen) atoms. The fourth-order valence-electron chi connectivity index (χ4n) is 5.92. The van der Waals surface area contributed by atoms with Crippen LogP contribution in [0.2, 0.25) is 0 Å². The third-order valence-corrected chi connectivity index (χ3v) is 7.43. The van der Waals surface area contributed by atoms with E-state index in [-0.39, 0.29) is 17.4 Å². The molecule has 156 valence electrons. The van der Waals surface area contributed by atoms with Gasteiger partial charge in [0.2, 0.25) is 5.91 Å². The lowest BCUT2D eigenvalue weighted by molar-refractivity contribution is -0.128. The Bertz CT molecular complexity index is 746. The van der Waals surface area contributed by atoms with Crippen molar-refractivity contribution in [3.05, 3.63) is 42.0 Å². The Labute approximate surface area is 173 Å². The Kier molecular flexibility index (Phi) is 5.46. The second-order valence-corrected chi connectivity index (χ2v) is 9.17. The summed E-state index contributed by atoms with van der Waals surface area (Å²) >= 11 is 0. The molecule has 5 heteroatoms. The second-order valence-electron chi connectivity index (χ2n) is 9.17. The van der Waals surface area contributed by atoms with Gasteiger partial charge >= 0.3 is 0 Å². The van der Waals surface area contributed by atoms with Crippen molar-refractivity contribution in [1.82, 2.24) is 10.2 Å². The van der Waals surface area contributed by atoms with Crippen molar-refractivity contribution in [3.8, 4) is 0 Å². The SMILES string of the molecule is O=C(NC[C@H]1[C@H]2CN(C/C=C/c3ccccc3)C[C@]23CC[C@H]1O3)C1CCOCC1. The Balaban J connectivity index is 1.17. The van der Waals surface area contributed by atoms with Crippen molar-refractivity contribution >= 4 is 12.0 Å². The summed E-state index contributed by atoms with van der Waals surface area (Å²) in [6, 6.07) is 10.5. The van der Waals surface area contributed by atoms with Crippen LogP contribution in [0, 0.1) is 17.8 Å². The van der Waals surface area contributed by atoms with Crippen molar-refractivity contribution in [3.63, 3.8) is 0 Å². The standard InChI is InChI=1S/C24H32N2O3/c27-23(19-9-13-28-14-10-19)25-15-20-21-16-26(17-24(21)11-8-22(20)29-24)12-4-7-18-5-2-1-3-6-18/h1-7,19-22H,8-17H2,(H,25,27)/b7-4+/t20-,21+,22+,24+/m0/s1. The fraction of sp³-hybridized carbons (Fsp3) is 0.625. The van der Waals surface area contributed by atoms with Gasteiger partial charge < -0.3 is 14.8 Å². The highest BCUT2D eigenvalue weighted by molar-refractivity contribution is 5.78. The summed E-state index contributed by atoms with van der Waals surface area (Å²) in [5.74, 6) is 1.34. The highest BCUT2D eigenvalue weighted by Crippen LogP contribution is 2.54. The van der Waals surface area contributed by atoms with Crippen LogP contribution in [0.3, 0.4) is 0 Å². The molecular weight excluding hydrogens is 364 g/mol. The van der Waals surface area contributed by atoms with Gasteiger partial charge in [-0.25, -0.2) is 0 Å². The molecule has 1 aromatic rings. The van der Waals surface area contributed by atoms with Gasteiger partial charge in [-0.15, -0.1) is 0 Å². The molecule has 2 bridgehead atoms. The topological polar surface area (TPSA) is 50.8 Å². The van der Waals surface area contributed by atoms with Gasteiger partial charge in [-0.2, -0.15) is 0 Å². The largest absolute Gasteiger partial charge is 0.381 e. The minimum absolute atomic E-state index is 0.0271. The highest BCUT2D eigenvalue weighted by atomic mass is 16.5. The quantitative estimate of drug-likeness (QED) is 0.803. The molecule has 1 spiro atoms. The maximum absolute atomic E-state index is 12.6. The van der Waals surface area contributed by atoms with E-state index in [4.69, 9.17) is 9.47 Å². The number of ether oxygens (including phenoxy) is 2. The molecule has 0 saturated carbocycles. The number of hydrogen-bond acceptors (Lipinski definition) is 4. The number of nitrogens with zero attached hydrogens (tertiary/aromatic N) is 1. The highest BCUT2D eigenvalue weighted by Gasteiger charge is 2.62. The molecule has 0 radical (unpaired) electrons. The van der Waals surface area contributed by atoms with Crippen LogP contribution in [0.25, 0.3) is 6.08 Å². The van der Waals surface area contributed by atoms with Crippen molar-refractivity contribution in [1.29, 1.82) is 0 Å². The van der Waals surface area contributed by atoms with Gasteiger partial charge in [-0.3, -0.25) is 9.69 Å². The number of carbonyl (C=O) groups excluding carboxylic acids is 1. The number of fused-ring (bicyclic) bond motifs is 1. The van der Waals surface area contributed by atoms with Gasteiger partial charge in [0, 0.05) is 57.1 Å². The molecule has 4 aliphatic rings. The van der Waals surface area contributed by atoms with E-state index in [1.807, 2.05) is 6.07 Å². The maximum Gasteiger partial charge on any atom is 0.223 e. The van der Waals surface area contributed by atoms with Crippen LogP contribution in [-0.2, 0) is 14.3 Å². The molecule has 4 aliphatic heterocycles. The first-order valence-electron chi connectivity index (χ1n) is 11.2. The molecule has 0 aromatic heterocycles. The number of carbonyl (C=O) groups is 1. The molecule has 4 heterocycles. The third-order valence-electron chi connectivity index (χ3n) is 7.43. The van der Waals surface area contributed by atoms with Crippen LogP contribution in [0.4, 0.5) is 0 Å². The van der Waals surface area contributed by atoms with E-state index in [1.165, 1.54) is 12.0 Å². The van der Waals surface area contributed by atoms with Gasteiger partial charge in [-0.05, 0) is 31.2 Å². The van der Waals surface area contributed by atoms with Crippen LogP contribution < -0.4 is 5.32 Å². The number of benzene rings is 1. The van der Waals surface area contributed by atoms with Crippen LogP contribution in [0.15, 0.2) is 36.4 Å². The smallest absolute Gasteiger partial charge is 0.223 e. The van der Waals surface area contributed by atoms with E-state index in [0.717, 1.165) is 45.4 Å². The first-order valence-corrected chi connectivity index (χ1v) is 11.2. The van der Waals surface area contributed by atoms with Gasteiger partial charge in [0.15, 0.2) is 0 Å². The predicted octanol–water partition coefficient (Wildman–Crippen LogP) is 2.72. The van der Waals surface area contributed by atoms with Gasteiger partial charge in [0.1, 0.15) is 0 Å². The Hall–Kier alpha value is -1.69. The summed E-state index contributed by atoms with van der Waals surface area (Å²) in [5.41, 5.74) is 1.27. The number of hydrogen-bond donors (Lipinski definition) is 1. The van der Waals surface area contributed by atoms with E-state index in [1.54, 1.807) is 0 Å². The molecule has 0 aliphatic carbocycles. The van der Waals surface area contributed by atoms with E-state index in [0.29, 0.717) is 31.2 Å². The van der Waals surface area contributed by atoms with Gasteiger partial charge in [0.25, 0.3) is 0 Å². The molecule has 1 amide bonds. The molecule has 5 nitrogen and oxygen atoms in total. The zero-order valence-electron chi connectivity index (χ0n) is 17.1. The minimum Gasteiger partial charge on any atom is -0.381 e. The van der Waals surface area contributed by atoms with Crippen molar-refractivity contribution in [2.24, 2.45) is 17.8 Å². The van der Waals surface area contributed by atoms with E-state index in [9.17, 15) is 4.79 Å². The zero-order chi connectivity index (χ0) is 19.7. The molecule has 1 aromatic carbocycles. The summed E-state index contributed by atoms with van der Waals surface area (Å²) in [4.78, 5) is 15.1. The lowest BCUT2D eigenvalue weighted by atomic mass is 9.73. The number of likely N-dealkylation sites (tertiary alicyclic amines) is 1. The molecule has 4 saturated heterocycles. The first-order chi connectivity index (χ1) is 14.2. The monoisotopic (exact) mass is 396 g/mol. The minimum atomic E-state index is 0.0271. The maximum atomic E-state index is 12.6. The lowest BCUT2D eigenvalue weighted by Gasteiger charge is -2.30. The molecule has 1 N–H and O–H groups in total. The molecule has 4 atom stereocenters. The number of nitrogens with one attached hydrogen (secondary N) is 1. The summed E-state index contributed by atoms with van der Waals surface area (Å²) in [5, 5.41) is 3.26. The second kappa shape index (κ2) is 8.21. The van der Waals surface area contributed by atoms with Crippen LogP contribution >= 0.6 is 0 Å². The Morgan fingerprint density at radius 2 is 2.03 bits per heavy atom. The molecule has 0 unspecified atom stereocenters. The zero-order valence-corrected chi connectivity index (χ0v) is 17.1. The number of rotatable bonds is 6. The van der Waals surface area contributed by atoms with Crippen LogP contribution in [0.5, 0.6) is 0 Å². The summed E-state index contributed by atoms with van der Waals surface area (Å²) in [6.07, 6.45) is 8.82. The lowest BCUT2D eigenvalue weighted by Crippen LogP contribution is -2.43. The van der Waals surface area contributed by atoms with Crippen molar-refractivity contribution in [2.45, 2.75) is 37.4 Å². The summed E-state index contributed by atoms with van der Waals surface area (Å²) < 4.78 is 11.9. The third kappa shape index (κ3) is 3.88. The Morgan fingerprint density at radius 1 is 1.21 bits per heavy atom. The van der Waals surface area contributed by atoms with Crippen molar-refractivity contribution in [2.75, 3.05) is 39.4 Å². The van der Waals surface area contributed by atoms with E-state index < -0.39 is 0 Å². The van der Waals surface area contributed by atoms with Crippen LogP contribution in [0.1, 0.15) is 31.2 Å². The number of amides is 1. The average molecular weight is 397 g/mol. The Morgan fingerprint density at radius 3 is 2.86 bits per heavy atom. The molecular formula is C24H32N2O3. The van der Waals surface area contributed by atoms with Crippen LogP contribution in [-0.4, -0.2) is 61.9 Å². The van der Waals surface area contributed by atoms with Crippen molar-refractivity contribution < 1.29 is 14.3 Å². The fourth-order valence-corrected chi connectivity index (χ4v) is 5.92. The first kappa shape index (κ1) is 19.3. The van der Waals surface area contributed by atoms with E-state index in [2.05, 4.69) is 46.6 Å².